The van der Waals surface area contributed by atoms with Crippen molar-refractivity contribution in [3.8, 4) is 0 Å². The number of hydrogen-bond donors (Lipinski definition) is 3. The average Bonchev–Trinajstić information content (AvgIpc) is 2.35. The first-order valence-corrected chi connectivity index (χ1v) is 8.53. The van der Waals surface area contributed by atoms with Gasteiger partial charge in [0.2, 0.25) is 10.0 Å². The fourth-order valence-electron chi connectivity index (χ4n) is 1.98. The topological polar surface area (TPSA) is 87.3 Å². The van der Waals surface area contributed by atoms with E-state index in [1.807, 2.05) is 26.0 Å². The number of carbonyl (C=O) groups is 1. The second-order valence-electron chi connectivity index (χ2n) is 5.64. The summed E-state index contributed by atoms with van der Waals surface area (Å²) in [6, 6.07) is 7.26. The van der Waals surface area contributed by atoms with Crippen LogP contribution in [-0.2, 0) is 16.6 Å². The zero-order chi connectivity index (χ0) is 16.1. The average molecular weight is 313 g/mol. The summed E-state index contributed by atoms with van der Waals surface area (Å²) in [5.41, 5.74) is 1.08. The molecule has 0 aliphatic heterocycles. The Kier molecular flexibility index (Phi) is 5.88. The number of amides is 1. The van der Waals surface area contributed by atoms with Crippen LogP contribution in [-0.4, -0.2) is 39.7 Å². The van der Waals surface area contributed by atoms with Gasteiger partial charge in [0.25, 0.3) is 5.91 Å². The third-order valence-corrected chi connectivity index (χ3v) is 3.72. The van der Waals surface area contributed by atoms with Crippen molar-refractivity contribution in [2.24, 2.45) is 0 Å². The highest BCUT2D eigenvalue weighted by atomic mass is 32.2. The van der Waals surface area contributed by atoms with Crippen molar-refractivity contribution >= 4 is 15.9 Å². The first-order chi connectivity index (χ1) is 9.63. The standard InChI is InChI=1S/C14H23N3O3S/c1-14(2,17-21(4,19)20)10-16-9-11-5-7-12(8-6-11)13(18)15-3/h5-8,16-17H,9-10H2,1-4H3,(H,15,18). The van der Waals surface area contributed by atoms with Crippen LogP contribution in [0.3, 0.4) is 0 Å². The summed E-state index contributed by atoms with van der Waals surface area (Å²) in [5, 5.41) is 5.77. The molecule has 0 unspecified atom stereocenters. The van der Waals surface area contributed by atoms with Crippen molar-refractivity contribution in [2.45, 2.75) is 25.9 Å². The van der Waals surface area contributed by atoms with Gasteiger partial charge < -0.3 is 10.6 Å². The van der Waals surface area contributed by atoms with Crippen LogP contribution in [0.15, 0.2) is 24.3 Å². The minimum Gasteiger partial charge on any atom is -0.355 e. The van der Waals surface area contributed by atoms with Crippen LogP contribution in [0.4, 0.5) is 0 Å². The zero-order valence-corrected chi connectivity index (χ0v) is 13.7. The summed E-state index contributed by atoms with van der Waals surface area (Å²) in [7, 11) is -1.64. The SMILES string of the molecule is CNC(=O)c1ccc(CNCC(C)(C)NS(C)(=O)=O)cc1. The highest BCUT2D eigenvalue weighted by Gasteiger charge is 2.21. The van der Waals surface area contributed by atoms with Crippen LogP contribution in [0.5, 0.6) is 0 Å². The summed E-state index contributed by atoms with van der Waals surface area (Å²) in [6.07, 6.45) is 1.15. The molecule has 1 amide bonds. The van der Waals surface area contributed by atoms with Gasteiger partial charge in [0.15, 0.2) is 0 Å². The normalized spacial score (nSPS) is 12.2. The predicted octanol–water partition coefficient (Wildman–Crippen LogP) is 0.464. The molecule has 0 aliphatic rings. The smallest absolute Gasteiger partial charge is 0.251 e. The van der Waals surface area contributed by atoms with Gasteiger partial charge in [-0.2, -0.15) is 0 Å². The maximum Gasteiger partial charge on any atom is 0.251 e. The summed E-state index contributed by atoms with van der Waals surface area (Å²) < 4.78 is 25.0. The molecule has 0 aromatic heterocycles. The molecule has 3 N–H and O–H groups in total. The van der Waals surface area contributed by atoms with E-state index >= 15 is 0 Å². The summed E-state index contributed by atoms with van der Waals surface area (Å²) in [4.78, 5) is 11.4. The van der Waals surface area contributed by atoms with Gasteiger partial charge in [0.1, 0.15) is 0 Å². The van der Waals surface area contributed by atoms with Gasteiger partial charge in [-0.15, -0.1) is 0 Å². The highest BCUT2D eigenvalue weighted by Crippen LogP contribution is 2.06. The van der Waals surface area contributed by atoms with Gasteiger partial charge in [0.05, 0.1) is 6.26 Å². The fourth-order valence-corrected chi connectivity index (χ4v) is 3.05. The van der Waals surface area contributed by atoms with E-state index in [1.165, 1.54) is 0 Å². The van der Waals surface area contributed by atoms with Gasteiger partial charge in [-0.1, -0.05) is 12.1 Å². The molecule has 0 saturated heterocycles. The molecule has 0 aliphatic carbocycles. The molecule has 1 aromatic carbocycles. The van der Waals surface area contributed by atoms with Crippen LogP contribution in [0.25, 0.3) is 0 Å². The van der Waals surface area contributed by atoms with E-state index in [0.29, 0.717) is 18.7 Å². The zero-order valence-electron chi connectivity index (χ0n) is 12.9. The molecule has 6 nitrogen and oxygen atoms in total. The highest BCUT2D eigenvalue weighted by molar-refractivity contribution is 7.88. The molecule has 0 atom stereocenters. The molecule has 0 bridgehead atoms. The molecule has 0 fully saturated rings. The van der Waals surface area contributed by atoms with Gasteiger partial charge in [0, 0.05) is 31.2 Å². The third kappa shape index (κ3) is 6.70. The second kappa shape index (κ2) is 7.02. The van der Waals surface area contributed by atoms with Crippen LogP contribution < -0.4 is 15.4 Å². The van der Waals surface area contributed by atoms with E-state index < -0.39 is 15.6 Å². The van der Waals surface area contributed by atoms with E-state index in [-0.39, 0.29) is 5.91 Å². The van der Waals surface area contributed by atoms with Crippen molar-refractivity contribution in [2.75, 3.05) is 19.8 Å². The third-order valence-electron chi connectivity index (χ3n) is 2.80. The Hall–Kier alpha value is -1.44. The number of rotatable bonds is 7. The molecule has 7 heteroatoms. The number of hydrogen-bond acceptors (Lipinski definition) is 4. The van der Waals surface area contributed by atoms with Crippen molar-refractivity contribution in [3.63, 3.8) is 0 Å². The Balaban J connectivity index is 2.51. The number of nitrogens with one attached hydrogen (secondary N) is 3. The Morgan fingerprint density at radius 1 is 1.19 bits per heavy atom. The minimum atomic E-state index is -3.23. The maximum atomic E-state index is 11.4. The molecule has 0 heterocycles. The second-order valence-corrected chi connectivity index (χ2v) is 7.39. The summed E-state index contributed by atoms with van der Waals surface area (Å²) in [5.74, 6) is -0.118. The first kappa shape index (κ1) is 17.6. The number of sulfonamides is 1. The van der Waals surface area contributed by atoms with E-state index in [1.54, 1.807) is 19.2 Å². The quantitative estimate of drug-likeness (QED) is 0.682. The molecule has 118 valence electrons. The lowest BCUT2D eigenvalue weighted by Crippen LogP contribution is -2.49. The van der Waals surface area contributed by atoms with Gasteiger partial charge in [-0.3, -0.25) is 4.79 Å². The first-order valence-electron chi connectivity index (χ1n) is 6.64. The Bertz CT molecular complexity index is 580. The van der Waals surface area contributed by atoms with E-state index in [4.69, 9.17) is 0 Å². The van der Waals surface area contributed by atoms with Crippen LogP contribution in [0.2, 0.25) is 0 Å². The largest absolute Gasteiger partial charge is 0.355 e. The monoisotopic (exact) mass is 313 g/mol. The molecule has 0 radical (unpaired) electrons. The molecular weight excluding hydrogens is 290 g/mol. The molecule has 1 aromatic rings. The van der Waals surface area contributed by atoms with Gasteiger partial charge >= 0.3 is 0 Å². The predicted molar refractivity (Wildman–Crippen MR) is 83.6 cm³/mol. The van der Waals surface area contributed by atoms with Crippen molar-refractivity contribution in [1.82, 2.24) is 15.4 Å². The van der Waals surface area contributed by atoms with Gasteiger partial charge in [-0.05, 0) is 31.5 Å². The van der Waals surface area contributed by atoms with Crippen LogP contribution in [0, 0.1) is 0 Å². The van der Waals surface area contributed by atoms with Gasteiger partial charge in [-0.25, -0.2) is 13.1 Å². The Morgan fingerprint density at radius 3 is 2.24 bits per heavy atom. The van der Waals surface area contributed by atoms with E-state index in [9.17, 15) is 13.2 Å². The lowest BCUT2D eigenvalue weighted by Gasteiger charge is -2.25. The van der Waals surface area contributed by atoms with Crippen LogP contribution >= 0.6 is 0 Å². The number of carbonyl (C=O) groups excluding carboxylic acids is 1. The van der Waals surface area contributed by atoms with Crippen molar-refractivity contribution in [3.05, 3.63) is 35.4 Å². The molecule has 0 spiro atoms. The Morgan fingerprint density at radius 2 is 1.76 bits per heavy atom. The molecule has 0 saturated carbocycles. The van der Waals surface area contributed by atoms with Crippen LogP contribution in [0.1, 0.15) is 29.8 Å². The fraction of sp³-hybridized carbons (Fsp3) is 0.500. The Labute approximate surface area is 126 Å². The van der Waals surface area contributed by atoms with Crippen molar-refractivity contribution < 1.29 is 13.2 Å². The molecular formula is C14H23N3O3S. The molecule has 1 rings (SSSR count). The summed E-state index contributed by atoms with van der Waals surface area (Å²) >= 11 is 0. The lowest BCUT2D eigenvalue weighted by molar-refractivity contribution is 0.0963. The van der Waals surface area contributed by atoms with E-state index in [2.05, 4.69) is 15.4 Å². The summed E-state index contributed by atoms with van der Waals surface area (Å²) in [6.45, 7) is 4.73. The number of benzene rings is 1. The maximum absolute atomic E-state index is 11.4. The minimum absolute atomic E-state index is 0.118. The van der Waals surface area contributed by atoms with E-state index in [0.717, 1.165) is 11.8 Å². The lowest BCUT2D eigenvalue weighted by atomic mass is 10.1. The molecule has 21 heavy (non-hydrogen) atoms. The van der Waals surface area contributed by atoms with Crippen molar-refractivity contribution in [1.29, 1.82) is 0 Å².